The molecule has 0 aliphatic rings. The Bertz CT molecular complexity index is 301. The number of carbonyl (C=O) groups excluding carboxylic acids is 1. The van der Waals surface area contributed by atoms with Gasteiger partial charge in [-0.25, -0.2) is 4.98 Å². The van der Waals surface area contributed by atoms with Crippen molar-refractivity contribution in [3.63, 3.8) is 0 Å². The number of hydrogen-bond donors (Lipinski definition) is 2. The summed E-state index contributed by atoms with van der Waals surface area (Å²) in [4.78, 5) is 14.5. The molecule has 13 heavy (non-hydrogen) atoms. The zero-order chi connectivity index (χ0) is 9.68. The van der Waals surface area contributed by atoms with Gasteiger partial charge in [-0.15, -0.1) is 0 Å². The number of carbonyl (C=O) groups is 1. The Morgan fingerprint density at radius 2 is 2.38 bits per heavy atom. The number of pyridine rings is 1. The fraction of sp³-hybridized carbons (Fsp3) is 0.250. The molecule has 1 aromatic heterocycles. The van der Waals surface area contributed by atoms with E-state index in [-0.39, 0.29) is 5.91 Å². The molecule has 0 unspecified atom stereocenters. The van der Waals surface area contributed by atoms with Crippen LogP contribution in [0.5, 0.6) is 5.75 Å². The molecule has 0 saturated carbocycles. The van der Waals surface area contributed by atoms with Crippen LogP contribution in [0.1, 0.15) is 6.92 Å². The average Bonchev–Trinajstić information content (AvgIpc) is 2.15. The van der Waals surface area contributed by atoms with E-state index in [0.717, 1.165) is 0 Å². The van der Waals surface area contributed by atoms with Gasteiger partial charge in [-0.1, -0.05) is 0 Å². The summed E-state index contributed by atoms with van der Waals surface area (Å²) in [6.45, 7) is 1.41. The van der Waals surface area contributed by atoms with Gasteiger partial charge in [0, 0.05) is 19.2 Å². The number of hydrogen-bond acceptors (Lipinski definition) is 4. The molecule has 0 radical (unpaired) electrons. The molecule has 5 heteroatoms. The van der Waals surface area contributed by atoms with Crippen LogP contribution < -0.4 is 15.6 Å². The van der Waals surface area contributed by atoms with Crippen molar-refractivity contribution in [2.75, 3.05) is 12.5 Å². The van der Waals surface area contributed by atoms with Crippen LogP contribution in [0.2, 0.25) is 0 Å². The first-order chi connectivity index (χ1) is 6.22. The number of aromatic nitrogens is 1. The van der Waals surface area contributed by atoms with E-state index in [1.165, 1.54) is 6.92 Å². The highest BCUT2D eigenvalue weighted by Gasteiger charge is 1.96. The van der Waals surface area contributed by atoms with Crippen LogP contribution >= 0.6 is 0 Å². The van der Waals surface area contributed by atoms with Crippen LogP contribution in [0.25, 0.3) is 0 Å². The summed E-state index contributed by atoms with van der Waals surface area (Å²) < 4.78 is 4.97. The molecule has 1 amide bonds. The van der Waals surface area contributed by atoms with Gasteiger partial charge in [-0.05, 0) is 6.07 Å². The molecule has 0 bridgehead atoms. The minimum Gasteiger partial charge on any atom is -0.497 e. The van der Waals surface area contributed by atoms with Crippen molar-refractivity contribution in [3.05, 3.63) is 18.3 Å². The summed E-state index contributed by atoms with van der Waals surface area (Å²) >= 11 is 0. The van der Waals surface area contributed by atoms with Crippen LogP contribution in [-0.4, -0.2) is 18.0 Å². The second-order valence-electron chi connectivity index (χ2n) is 2.39. The standard InChI is InChI=1S/C8H11N3O2/c1-6(12)10-11-8-5-7(13-2)3-4-9-8/h3-5H,1-2H3,(H,9,11)(H,10,12). The number of nitrogens with zero attached hydrogens (tertiary/aromatic N) is 1. The minimum atomic E-state index is -0.176. The first kappa shape index (κ1) is 9.31. The lowest BCUT2D eigenvalue weighted by molar-refractivity contribution is -0.118. The normalized spacial score (nSPS) is 9.08. The van der Waals surface area contributed by atoms with Gasteiger partial charge in [0.1, 0.15) is 11.6 Å². The van der Waals surface area contributed by atoms with Crippen LogP contribution in [0.15, 0.2) is 18.3 Å². The average molecular weight is 181 g/mol. The highest BCUT2D eigenvalue weighted by Crippen LogP contribution is 2.12. The van der Waals surface area contributed by atoms with E-state index in [0.29, 0.717) is 11.6 Å². The number of nitrogens with one attached hydrogen (secondary N) is 2. The molecule has 0 saturated heterocycles. The molecule has 1 heterocycles. The topological polar surface area (TPSA) is 63.2 Å². The minimum absolute atomic E-state index is 0.176. The van der Waals surface area contributed by atoms with Crippen molar-refractivity contribution in [1.29, 1.82) is 0 Å². The first-order valence-electron chi connectivity index (χ1n) is 3.75. The summed E-state index contributed by atoms with van der Waals surface area (Å²) in [7, 11) is 1.57. The summed E-state index contributed by atoms with van der Waals surface area (Å²) in [5.41, 5.74) is 5.03. The Balaban J connectivity index is 2.61. The lowest BCUT2D eigenvalue weighted by atomic mass is 10.4. The Hall–Kier alpha value is -1.78. The number of anilines is 1. The quantitative estimate of drug-likeness (QED) is 0.668. The van der Waals surface area contributed by atoms with Gasteiger partial charge in [0.05, 0.1) is 7.11 Å². The fourth-order valence-corrected chi connectivity index (χ4v) is 0.759. The zero-order valence-electron chi connectivity index (χ0n) is 7.50. The van der Waals surface area contributed by atoms with E-state index in [1.54, 1.807) is 25.4 Å². The molecule has 1 rings (SSSR count). The smallest absolute Gasteiger partial charge is 0.235 e. The zero-order valence-corrected chi connectivity index (χ0v) is 7.50. The van der Waals surface area contributed by atoms with Crippen molar-refractivity contribution in [1.82, 2.24) is 10.4 Å². The van der Waals surface area contributed by atoms with E-state index < -0.39 is 0 Å². The molecule has 0 aliphatic heterocycles. The second-order valence-corrected chi connectivity index (χ2v) is 2.39. The molecule has 0 fully saturated rings. The third-order valence-electron chi connectivity index (χ3n) is 1.33. The number of rotatable bonds is 3. The Labute approximate surface area is 76.1 Å². The lowest BCUT2D eigenvalue weighted by Crippen LogP contribution is -2.26. The van der Waals surface area contributed by atoms with Gasteiger partial charge >= 0.3 is 0 Å². The molecule has 0 spiro atoms. The Morgan fingerprint density at radius 3 is 3.00 bits per heavy atom. The first-order valence-corrected chi connectivity index (χ1v) is 3.75. The van der Waals surface area contributed by atoms with Crippen LogP contribution in [0.3, 0.4) is 0 Å². The molecular weight excluding hydrogens is 170 g/mol. The predicted octanol–water partition coefficient (Wildman–Crippen LogP) is 0.553. The summed E-state index contributed by atoms with van der Waals surface area (Å²) in [5, 5.41) is 0. The van der Waals surface area contributed by atoms with Crippen LogP contribution in [0.4, 0.5) is 5.82 Å². The SMILES string of the molecule is COc1ccnc(NNC(C)=O)c1. The Morgan fingerprint density at radius 1 is 1.62 bits per heavy atom. The summed E-state index contributed by atoms with van der Waals surface area (Å²) in [6.07, 6.45) is 1.59. The summed E-state index contributed by atoms with van der Waals surface area (Å²) in [5.74, 6) is 1.04. The number of ether oxygens (including phenoxy) is 1. The molecule has 1 aromatic rings. The van der Waals surface area contributed by atoms with Gasteiger partial charge in [0.25, 0.3) is 0 Å². The van der Waals surface area contributed by atoms with Gasteiger partial charge < -0.3 is 4.74 Å². The van der Waals surface area contributed by atoms with Crippen molar-refractivity contribution < 1.29 is 9.53 Å². The third-order valence-corrected chi connectivity index (χ3v) is 1.33. The number of amides is 1. The van der Waals surface area contributed by atoms with Gasteiger partial charge in [-0.2, -0.15) is 0 Å². The number of hydrazine groups is 1. The van der Waals surface area contributed by atoms with Crippen molar-refractivity contribution in [2.24, 2.45) is 0 Å². The van der Waals surface area contributed by atoms with Crippen molar-refractivity contribution >= 4 is 11.7 Å². The summed E-state index contributed by atoms with van der Waals surface area (Å²) in [6, 6.07) is 3.40. The van der Waals surface area contributed by atoms with E-state index >= 15 is 0 Å². The van der Waals surface area contributed by atoms with Crippen LogP contribution in [0, 0.1) is 0 Å². The van der Waals surface area contributed by atoms with E-state index in [1.807, 2.05) is 0 Å². The maximum absolute atomic E-state index is 10.5. The van der Waals surface area contributed by atoms with Crippen molar-refractivity contribution in [2.45, 2.75) is 6.92 Å². The van der Waals surface area contributed by atoms with Gasteiger partial charge in [0.15, 0.2) is 0 Å². The van der Waals surface area contributed by atoms with E-state index in [2.05, 4.69) is 15.8 Å². The highest BCUT2D eigenvalue weighted by molar-refractivity contribution is 5.74. The number of methoxy groups -OCH3 is 1. The third kappa shape index (κ3) is 2.98. The van der Waals surface area contributed by atoms with Gasteiger partial charge in [-0.3, -0.25) is 15.6 Å². The second kappa shape index (κ2) is 4.30. The maximum atomic E-state index is 10.5. The molecule has 0 aliphatic carbocycles. The van der Waals surface area contributed by atoms with Crippen molar-refractivity contribution in [3.8, 4) is 5.75 Å². The molecule has 0 aromatic carbocycles. The maximum Gasteiger partial charge on any atom is 0.235 e. The van der Waals surface area contributed by atoms with E-state index in [9.17, 15) is 4.79 Å². The monoisotopic (exact) mass is 181 g/mol. The molecule has 5 nitrogen and oxygen atoms in total. The molecule has 2 N–H and O–H groups in total. The van der Waals surface area contributed by atoms with Crippen LogP contribution in [-0.2, 0) is 4.79 Å². The molecule has 70 valence electrons. The highest BCUT2D eigenvalue weighted by atomic mass is 16.5. The lowest BCUT2D eigenvalue weighted by Gasteiger charge is -2.06. The largest absolute Gasteiger partial charge is 0.497 e. The molecular formula is C8H11N3O2. The fourth-order valence-electron chi connectivity index (χ4n) is 0.759. The molecule has 0 atom stereocenters. The Kier molecular flexibility index (Phi) is 3.08. The predicted molar refractivity (Wildman–Crippen MR) is 48.2 cm³/mol. The van der Waals surface area contributed by atoms with E-state index in [4.69, 9.17) is 4.74 Å². The van der Waals surface area contributed by atoms with Gasteiger partial charge in [0.2, 0.25) is 5.91 Å².